The highest BCUT2D eigenvalue weighted by atomic mass is 127. The predicted octanol–water partition coefficient (Wildman–Crippen LogP) is 1.75. The molecule has 1 aromatic heterocycles. The number of hydrogen-bond acceptors (Lipinski definition) is 4. The highest BCUT2D eigenvalue weighted by Gasteiger charge is 2.06. The van der Waals surface area contributed by atoms with Crippen LogP contribution in [0, 0.1) is 3.57 Å². The van der Waals surface area contributed by atoms with Crippen LogP contribution in [-0.2, 0) is 0 Å². The fraction of sp³-hybridized carbons (Fsp3) is 0. The molecule has 1 aromatic carbocycles. The van der Waals surface area contributed by atoms with Crippen molar-refractivity contribution < 1.29 is 4.74 Å². The summed E-state index contributed by atoms with van der Waals surface area (Å²) in [5.41, 5.74) is 5.10. The van der Waals surface area contributed by atoms with Gasteiger partial charge in [-0.3, -0.25) is 4.79 Å². The zero-order valence-corrected chi connectivity index (χ0v) is 10.3. The first kappa shape index (κ1) is 10.9. The summed E-state index contributed by atoms with van der Waals surface area (Å²) in [5.74, 6) is 0.711. The molecule has 0 amide bonds. The molecule has 0 saturated carbocycles. The molecule has 0 aliphatic rings. The van der Waals surface area contributed by atoms with Crippen LogP contribution in [0.15, 0.2) is 35.4 Å². The van der Waals surface area contributed by atoms with E-state index in [1.807, 2.05) is 18.2 Å². The highest BCUT2D eigenvalue weighted by molar-refractivity contribution is 14.1. The van der Waals surface area contributed by atoms with Crippen molar-refractivity contribution in [3.05, 3.63) is 44.5 Å². The molecular formula is C10H8IN3O2. The van der Waals surface area contributed by atoms with Crippen LogP contribution in [0.5, 0.6) is 11.6 Å². The number of rotatable bonds is 2. The van der Waals surface area contributed by atoms with Gasteiger partial charge in [0.25, 0.3) is 5.56 Å². The van der Waals surface area contributed by atoms with Crippen molar-refractivity contribution in [3.8, 4) is 11.6 Å². The smallest absolute Gasteiger partial charge is 0.277 e. The number of aromatic amines is 1. The van der Waals surface area contributed by atoms with E-state index in [0.29, 0.717) is 5.75 Å². The molecule has 0 bridgehead atoms. The van der Waals surface area contributed by atoms with Gasteiger partial charge in [-0.05, 0) is 40.8 Å². The highest BCUT2D eigenvalue weighted by Crippen LogP contribution is 2.23. The Hall–Kier alpha value is -1.57. The number of nitrogen functional groups attached to an aromatic ring is 1. The molecule has 0 saturated heterocycles. The number of halogens is 1. The normalized spacial score (nSPS) is 10.1. The third kappa shape index (κ3) is 2.32. The van der Waals surface area contributed by atoms with Crippen LogP contribution >= 0.6 is 22.6 Å². The number of hydrogen-bond donors (Lipinski definition) is 2. The number of nitrogens with two attached hydrogens (primary N) is 1. The van der Waals surface area contributed by atoms with Gasteiger partial charge in [-0.2, -0.15) is 0 Å². The molecule has 0 fully saturated rings. The molecule has 5 nitrogen and oxygen atoms in total. The minimum Gasteiger partial charge on any atom is -0.437 e. The molecule has 6 heteroatoms. The van der Waals surface area contributed by atoms with E-state index in [1.54, 1.807) is 6.07 Å². The lowest BCUT2D eigenvalue weighted by Crippen LogP contribution is -2.13. The summed E-state index contributed by atoms with van der Waals surface area (Å²) >= 11 is 2.16. The van der Waals surface area contributed by atoms with Crippen LogP contribution in [-0.4, -0.2) is 9.97 Å². The fourth-order valence-electron chi connectivity index (χ4n) is 1.12. The van der Waals surface area contributed by atoms with Crippen molar-refractivity contribution in [2.45, 2.75) is 0 Å². The molecule has 2 rings (SSSR count). The average molecular weight is 329 g/mol. The van der Waals surface area contributed by atoms with Gasteiger partial charge in [0, 0.05) is 3.57 Å². The molecule has 16 heavy (non-hydrogen) atoms. The minimum atomic E-state index is -0.407. The molecule has 0 radical (unpaired) electrons. The molecule has 3 N–H and O–H groups in total. The Morgan fingerprint density at radius 3 is 3.00 bits per heavy atom. The molecule has 1 heterocycles. The number of anilines is 1. The average Bonchev–Trinajstić information content (AvgIpc) is 2.25. The van der Waals surface area contributed by atoms with Crippen molar-refractivity contribution in [3.63, 3.8) is 0 Å². The lowest BCUT2D eigenvalue weighted by Gasteiger charge is -2.05. The van der Waals surface area contributed by atoms with E-state index in [0.717, 1.165) is 3.57 Å². The second-order valence-corrected chi connectivity index (χ2v) is 4.26. The van der Waals surface area contributed by atoms with Crippen molar-refractivity contribution >= 4 is 28.3 Å². The summed E-state index contributed by atoms with van der Waals surface area (Å²) in [4.78, 5) is 17.4. The Labute approximate surface area is 105 Å². The maximum atomic E-state index is 11.2. The van der Waals surface area contributed by atoms with Gasteiger partial charge < -0.3 is 15.5 Å². The Kier molecular flexibility index (Phi) is 3.09. The quantitative estimate of drug-likeness (QED) is 0.823. The second-order valence-electron chi connectivity index (χ2n) is 3.01. The van der Waals surface area contributed by atoms with Crippen molar-refractivity contribution in [1.82, 2.24) is 9.97 Å². The number of benzene rings is 1. The maximum absolute atomic E-state index is 11.2. The first-order valence-electron chi connectivity index (χ1n) is 4.43. The van der Waals surface area contributed by atoms with E-state index < -0.39 is 5.56 Å². The standard InChI is InChI=1S/C10H8IN3O2/c11-6-2-1-3-7(4-6)16-10-8(12)9(15)13-5-14-10/h1-5H,12H2,(H,13,14,15). The lowest BCUT2D eigenvalue weighted by molar-refractivity contribution is 0.463. The van der Waals surface area contributed by atoms with E-state index >= 15 is 0 Å². The van der Waals surface area contributed by atoms with Crippen molar-refractivity contribution in [2.24, 2.45) is 0 Å². The van der Waals surface area contributed by atoms with E-state index in [4.69, 9.17) is 10.5 Å². The minimum absolute atomic E-state index is 0.0265. The molecule has 0 atom stereocenters. The largest absolute Gasteiger partial charge is 0.437 e. The van der Waals surface area contributed by atoms with E-state index in [9.17, 15) is 4.79 Å². The van der Waals surface area contributed by atoms with Crippen LogP contribution in [0.1, 0.15) is 0 Å². The van der Waals surface area contributed by atoms with Gasteiger partial charge in [0.2, 0.25) is 5.88 Å². The number of nitrogens with one attached hydrogen (secondary N) is 1. The fourth-order valence-corrected chi connectivity index (χ4v) is 1.63. The maximum Gasteiger partial charge on any atom is 0.277 e. The third-order valence-corrected chi connectivity index (χ3v) is 2.53. The summed E-state index contributed by atoms with van der Waals surface area (Å²) in [5, 5.41) is 0. The van der Waals surface area contributed by atoms with Gasteiger partial charge in [-0.25, -0.2) is 4.98 Å². The Balaban J connectivity index is 2.34. The number of H-pyrrole nitrogens is 1. The summed E-state index contributed by atoms with van der Waals surface area (Å²) < 4.78 is 6.44. The monoisotopic (exact) mass is 329 g/mol. The summed E-state index contributed by atoms with van der Waals surface area (Å²) in [7, 11) is 0. The number of nitrogens with zero attached hydrogens (tertiary/aromatic N) is 1. The first-order chi connectivity index (χ1) is 7.66. The van der Waals surface area contributed by atoms with Crippen LogP contribution in [0.3, 0.4) is 0 Å². The number of aromatic nitrogens is 2. The van der Waals surface area contributed by atoms with Gasteiger partial charge in [0.05, 0.1) is 6.33 Å². The molecule has 0 unspecified atom stereocenters. The topological polar surface area (TPSA) is 81.0 Å². The predicted molar refractivity (Wildman–Crippen MR) is 68.5 cm³/mol. The summed E-state index contributed by atoms with van der Waals surface area (Å²) in [6, 6.07) is 7.37. The van der Waals surface area contributed by atoms with Crippen molar-refractivity contribution in [2.75, 3.05) is 5.73 Å². The SMILES string of the molecule is Nc1c(Oc2cccc(I)c2)nc[nH]c1=O. The zero-order chi connectivity index (χ0) is 11.5. The van der Waals surface area contributed by atoms with Gasteiger partial charge in [0.15, 0.2) is 5.69 Å². The van der Waals surface area contributed by atoms with Crippen molar-refractivity contribution in [1.29, 1.82) is 0 Å². The molecule has 0 aliphatic heterocycles. The molecule has 2 aromatic rings. The Morgan fingerprint density at radius 2 is 2.25 bits per heavy atom. The Morgan fingerprint density at radius 1 is 1.44 bits per heavy atom. The zero-order valence-electron chi connectivity index (χ0n) is 8.11. The lowest BCUT2D eigenvalue weighted by atomic mass is 10.3. The van der Waals surface area contributed by atoms with Gasteiger partial charge >= 0.3 is 0 Å². The van der Waals surface area contributed by atoms with Crippen LogP contribution < -0.4 is 16.0 Å². The Bertz CT molecular complexity index is 568. The molecule has 0 aliphatic carbocycles. The second kappa shape index (κ2) is 4.52. The third-order valence-electron chi connectivity index (χ3n) is 1.86. The molecular weight excluding hydrogens is 321 g/mol. The van der Waals surface area contributed by atoms with E-state index in [-0.39, 0.29) is 11.6 Å². The van der Waals surface area contributed by atoms with Crippen LogP contribution in [0.2, 0.25) is 0 Å². The van der Waals surface area contributed by atoms with Gasteiger partial charge in [-0.15, -0.1) is 0 Å². The van der Waals surface area contributed by atoms with E-state index in [1.165, 1.54) is 6.33 Å². The van der Waals surface area contributed by atoms with Gasteiger partial charge in [-0.1, -0.05) is 6.07 Å². The summed E-state index contributed by atoms with van der Waals surface area (Å²) in [6.45, 7) is 0. The van der Waals surface area contributed by atoms with Gasteiger partial charge in [0.1, 0.15) is 5.75 Å². The summed E-state index contributed by atoms with van der Waals surface area (Å²) in [6.07, 6.45) is 1.25. The molecule has 82 valence electrons. The number of ether oxygens (including phenoxy) is 1. The van der Waals surface area contributed by atoms with Crippen LogP contribution in [0.25, 0.3) is 0 Å². The van der Waals surface area contributed by atoms with Crippen LogP contribution in [0.4, 0.5) is 5.69 Å². The molecule has 0 spiro atoms. The first-order valence-corrected chi connectivity index (χ1v) is 5.51. The van der Waals surface area contributed by atoms with E-state index in [2.05, 4.69) is 32.6 Å².